The second-order valence-corrected chi connectivity index (χ2v) is 4.72. The van der Waals surface area contributed by atoms with Crippen LogP contribution < -0.4 is 10.1 Å². The van der Waals surface area contributed by atoms with Crippen LogP contribution in [0.1, 0.15) is 16.7 Å². The lowest BCUT2D eigenvalue weighted by molar-refractivity contribution is 0.327. The van der Waals surface area contributed by atoms with E-state index < -0.39 is 0 Å². The normalized spacial score (nSPS) is 9.78. The van der Waals surface area contributed by atoms with E-state index >= 15 is 0 Å². The Morgan fingerprint density at radius 1 is 1.39 bits per heavy atom. The lowest BCUT2D eigenvalue weighted by atomic mass is 10.4. The fourth-order valence-electron chi connectivity index (χ4n) is 1.44. The predicted molar refractivity (Wildman–Crippen MR) is 71.8 cm³/mol. The van der Waals surface area contributed by atoms with Crippen LogP contribution in [0.3, 0.4) is 0 Å². The Balaban J connectivity index is 1.91. The van der Waals surface area contributed by atoms with Crippen LogP contribution in [0.4, 0.5) is 5.69 Å². The van der Waals surface area contributed by atoms with Gasteiger partial charge in [-0.05, 0) is 25.1 Å². The summed E-state index contributed by atoms with van der Waals surface area (Å²) in [4.78, 5) is 6.03. The molecule has 0 radical (unpaired) electrons. The smallest absolute Gasteiger partial charge is 0.213 e. The molecule has 2 aromatic heterocycles. The van der Waals surface area contributed by atoms with Gasteiger partial charge >= 0.3 is 0 Å². The quantitative estimate of drug-likeness (QED) is 0.896. The molecule has 0 fully saturated rings. The zero-order valence-corrected chi connectivity index (χ0v) is 10.8. The van der Waals surface area contributed by atoms with Gasteiger partial charge in [0.1, 0.15) is 10.9 Å². The minimum absolute atomic E-state index is 0.617. The largest absolute Gasteiger partial charge is 0.478 e. The number of anilines is 1. The maximum absolute atomic E-state index is 8.73. The Morgan fingerprint density at radius 2 is 2.28 bits per heavy atom. The zero-order chi connectivity index (χ0) is 12.8. The molecule has 2 rings (SSSR count). The summed E-state index contributed by atoms with van der Waals surface area (Å²) in [5, 5.41) is 12.0. The van der Waals surface area contributed by atoms with E-state index in [1.54, 1.807) is 6.20 Å². The molecule has 0 aliphatic carbocycles. The number of nitriles is 1. The first-order valence-electron chi connectivity index (χ1n) is 5.63. The highest BCUT2D eigenvalue weighted by Crippen LogP contribution is 2.17. The van der Waals surface area contributed by atoms with Crippen molar-refractivity contribution < 1.29 is 4.74 Å². The summed E-state index contributed by atoms with van der Waals surface area (Å²) in [6, 6.07) is 9.68. The maximum Gasteiger partial charge on any atom is 0.213 e. The van der Waals surface area contributed by atoms with Gasteiger partial charge in [0.25, 0.3) is 0 Å². The van der Waals surface area contributed by atoms with Crippen molar-refractivity contribution in [3.63, 3.8) is 0 Å². The lowest BCUT2D eigenvalue weighted by Gasteiger charge is -2.05. The Morgan fingerprint density at radius 3 is 2.89 bits per heavy atom. The third-order valence-electron chi connectivity index (χ3n) is 2.27. The standard InChI is InChI=1S/C13H13N3OS/c1-2-17-13-6-3-10(8-16-13)15-9-12-5-4-11(7-14)18-12/h3-6,8,15H,2,9H2,1H3. The number of nitrogens with one attached hydrogen (secondary N) is 1. The average Bonchev–Trinajstić information content (AvgIpc) is 2.86. The number of ether oxygens (including phenoxy) is 1. The molecule has 0 saturated carbocycles. The summed E-state index contributed by atoms with van der Waals surface area (Å²) in [6.07, 6.45) is 1.74. The molecule has 0 unspecified atom stereocenters. The summed E-state index contributed by atoms with van der Waals surface area (Å²) in [5.41, 5.74) is 0.936. The number of nitrogens with zero attached hydrogens (tertiary/aromatic N) is 2. The molecule has 0 bridgehead atoms. The van der Waals surface area contributed by atoms with Gasteiger partial charge in [-0.15, -0.1) is 11.3 Å². The molecule has 0 atom stereocenters. The second-order valence-electron chi connectivity index (χ2n) is 3.55. The first-order chi connectivity index (χ1) is 8.81. The molecule has 0 amide bonds. The van der Waals surface area contributed by atoms with Gasteiger partial charge in [0.2, 0.25) is 5.88 Å². The summed E-state index contributed by atoms with van der Waals surface area (Å²) in [7, 11) is 0. The average molecular weight is 259 g/mol. The van der Waals surface area contributed by atoms with Gasteiger partial charge in [0, 0.05) is 17.5 Å². The number of aromatic nitrogens is 1. The molecule has 0 aromatic carbocycles. The molecule has 0 spiro atoms. The van der Waals surface area contributed by atoms with Crippen LogP contribution >= 0.6 is 11.3 Å². The number of thiophene rings is 1. The van der Waals surface area contributed by atoms with Crippen LogP contribution in [0.15, 0.2) is 30.5 Å². The zero-order valence-electron chi connectivity index (χ0n) is 10.0. The van der Waals surface area contributed by atoms with Crippen molar-refractivity contribution in [1.29, 1.82) is 5.26 Å². The summed E-state index contributed by atoms with van der Waals surface area (Å²) >= 11 is 1.49. The fourth-order valence-corrected chi connectivity index (χ4v) is 2.18. The lowest BCUT2D eigenvalue weighted by Crippen LogP contribution is -1.99. The number of hydrogen-bond donors (Lipinski definition) is 1. The van der Waals surface area contributed by atoms with Gasteiger partial charge in [0.15, 0.2) is 0 Å². The molecule has 0 aliphatic heterocycles. The van der Waals surface area contributed by atoms with Gasteiger partial charge in [-0.25, -0.2) is 4.98 Å². The molecule has 18 heavy (non-hydrogen) atoms. The minimum Gasteiger partial charge on any atom is -0.478 e. The number of rotatable bonds is 5. The predicted octanol–water partition coefficient (Wildman–Crippen LogP) is 3.03. The number of hydrogen-bond acceptors (Lipinski definition) is 5. The van der Waals surface area contributed by atoms with E-state index in [2.05, 4.69) is 16.4 Å². The van der Waals surface area contributed by atoms with Crippen LogP contribution in [0.25, 0.3) is 0 Å². The van der Waals surface area contributed by atoms with E-state index in [4.69, 9.17) is 10.00 Å². The van der Waals surface area contributed by atoms with Crippen molar-refractivity contribution in [1.82, 2.24) is 4.98 Å². The molecule has 2 heterocycles. The fraction of sp³-hybridized carbons (Fsp3) is 0.231. The Hall–Kier alpha value is -2.06. The highest BCUT2D eigenvalue weighted by molar-refractivity contribution is 7.12. The SMILES string of the molecule is CCOc1ccc(NCc2ccc(C#N)s2)cn1. The van der Waals surface area contributed by atoms with Crippen LogP contribution in [0, 0.1) is 11.3 Å². The Kier molecular flexibility index (Phi) is 4.15. The molecule has 0 saturated heterocycles. The highest BCUT2D eigenvalue weighted by Gasteiger charge is 2.00. The van der Waals surface area contributed by atoms with E-state index in [9.17, 15) is 0 Å². The topological polar surface area (TPSA) is 57.9 Å². The summed E-state index contributed by atoms with van der Waals surface area (Å²) in [5.74, 6) is 0.631. The maximum atomic E-state index is 8.73. The van der Waals surface area contributed by atoms with E-state index in [-0.39, 0.29) is 0 Å². The van der Waals surface area contributed by atoms with Gasteiger partial charge in [-0.1, -0.05) is 0 Å². The van der Waals surface area contributed by atoms with Crippen molar-refractivity contribution in [2.24, 2.45) is 0 Å². The first kappa shape index (κ1) is 12.4. The molecule has 92 valence electrons. The van der Waals surface area contributed by atoms with E-state index in [1.807, 2.05) is 31.2 Å². The third kappa shape index (κ3) is 3.22. The van der Waals surface area contributed by atoms with Gasteiger partial charge < -0.3 is 10.1 Å². The minimum atomic E-state index is 0.617. The van der Waals surface area contributed by atoms with E-state index in [0.717, 1.165) is 15.4 Å². The Labute approximate surface area is 110 Å². The van der Waals surface area contributed by atoms with Crippen molar-refractivity contribution in [2.45, 2.75) is 13.5 Å². The van der Waals surface area contributed by atoms with Crippen LogP contribution in [-0.2, 0) is 6.54 Å². The van der Waals surface area contributed by atoms with Crippen LogP contribution in [-0.4, -0.2) is 11.6 Å². The molecule has 0 aliphatic rings. The molecular weight excluding hydrogens is 246 g/mol. The van der Waals surface area contributed by atoms with Gasteiger partial charge in [-0.2, -0.15) is 5.26 Å². The molecule has 5 heteroatoms. The monoisotopic (exact) mass is 259 g/mol. The third-order valence-corrected chi connectivity index (χ3v) is 3.26. The first-order valence-corrected chi connectivity index (χ1v) is 6.45. The highest BCUT2D eigenvalue weighted by atomic mass is 32.1. The van der Waals surface area contributed by atoms with Gasteiger partial charge in [-0.3, -0.25) is 0 Å². The number of pyridine rings is 1. The molecule has 1 N–H and O–H groups in total. The van der Waals surface area contributed by atoms with E-state index in [0.29, 0.717) is 19.0 Å². The second kappa shape index (κ2) is 6.03. The Bertz CT molecular complexity index is 542. The molecule has 2 aromatic rings. The van der Waals surface area contributed by atoms with Crippen molar-refractivity contribution in [2.75, 3.05) is 11.9 Å². The summed E-state index contributed by atoms with van der Waals surface area (Å²) in [6.45, 7) is 3.24. The molecular formula is C13H13N3OS. The van der Waals surface area contributed by atoms with Gasteiger partial charge in [0.05, 0.1) is 18.5 Å². The van der Waals surface area contributed by atoms with Crippen LogP contribution in [0.2, 0.25) is 0 Å². The van der Waals surface area contributed by atoms with Crippen molar-refractivity contribution in [3.05, 3.63) is 40.2 Å². The van der Waals surface area contributed by atoms with Crippen molar-refractivity contribution in [3.8, 4) is 11.9 Å². The summed E-state index contributed by atoms with van der Waals surface area (Å²) < 4.78 is 5.27. The van der Waals surface area contributed by atoms with Crippen molar-refractivity contribution >= 4 is 17.0 Å². The van der Waals surface area contributed by atoms with E-state index in [1.165, 1.54) is 11.3 Å². The molecule has 4 nitrogen and oxygen atoms in total. The van der Waals surface area contributed by atoms with Crippen LogP contribution in [0.5, 0.6) is 5.88 Å².